The van der Waals surface area contributed by atoms with Crippen LogP contribution in [0, 0.1) is 0 Å². The largest absolute Gasteiger partial charge is 0.298 e. The van der Waals surface area contributed by atoms with Gasteiger partial charge in [-0.05, 0) is 26.0 Å². The molecule has 112 valence electrons. The first-order valence-electron chi connectivity index (χ1n) is 7.47. The van der Waals surface area contributed by atoms with Gasteiger partial charge < -0.3 is 0 Å². The zero-order valence-electron chi connectivity index (χ0n) is 12.6. The second kappa shape index (κ2) is 6.22. The zero-order chi connectivity index (χ0) is 14.8. The number of rotatable bonds is 4. The van der Waals surface area contributed by atoms with Crippen molar-refractivity contribution in [2.45, 2.75) is 26.4 Å². The van der Waals surface area contributed by atoms with Crippen molar-refractivity contribution in [3.8, 4) is 0 Å². The molecular weight excluding hydrogens is 282 g/mol. The Morgan fingerprint density at radius 2 is 2.05 bits per heavy atom. The SMILES string of the molecule is CC(C)N1CCN(Cc2ccc3cc(C=O)sc3n2)CC1. The summed E-state index contributed by atoms with van der Waals surface area (Å²) in [5.74, 6) is 0. The molecule has 0 radical (unpaired) electrons. The highest BCUT2D eigenvalue weighted by atomic mass is 32.1. The van der Waals surface area contributed by atoms with Crippen LogP contribution in [0.1, 0.15) is 29.2 Å². The van der Waals surface area contributed by atoms with Crippen molar-refractivity contribution >= 4 is 27.8 Å². The van der Waals surface area contributed by atoms with Crippen molar-refractivity contribution in [1.29, 1.82) is 0 Å². The monoisotopic (exact) mass is 303 g/mol. The quantitative estimate of drug-likeness (QED) is 0.814. The highest BCUT2D eigenvalue weighted by Gasteiger charge is 2.19. The van der Waals surface area contributed by atoms with E-state index in [2.05, 4.69) is 35.8 Å². The van der Waals surface area contributed by atoms with Crippen molar-refractivity contribution in [1.82, 2.24) is 14.8 Å². The Kier molecular flexibility index (Phi) is 4.33. The number of nitrogens with zero attached hydrogens (tertiary/aromatic N) is 3. The second-order valence-corrected chi connectivity index (χ2v) is 6.93. The van der Waals surface area contributed by atoms with Gasteiger partial charge in [-0.1, -0.05) is 6.07 Å². The molecule has 1 saturated heterocycles. The van der Waals surface area contributed by atoms with Gasteiger partial charge in [-0.25, -0.2) is 4.98 Å². The molecule has 2 aromatic rings. The summed E-state index contributed by atoms with van der Waals surface area (Å²) in [4.78, 5) is 22.2. The van der Waals surface area contributed by atoms with Crippen molar-refractivity contribution in [3.63, 3.8) is 0 Å². The number of aromatic nitrogens is 1. The first-order valence-corrected chi connectivity index (χ1v) is 8.28. The molecule has 0 atom stereocenters. The Balaban J connectivity index is 1.66. The maximum Gasteiger partial charge on any atom is 0.160 e. The lowest BCUT2D eigenvalue weighted by Gasteiger charge is -2.36. The third kappa shape index (κ3) is 3.31. The van der Waals surface area contributed by atoms with Crippen molar-refractivity contribution in [3.05, 3.63) is 28.8 Å². The van der Waals surface area contributed by atoms with Crippen LogP contribution in [0.5, 0.6) is 0 Å². The van der Waals surface area contributed by atoms with Crippen LogP contribution >= 0.6 is 11.3 Å². The highest BCUT2D eigenvalue weighted by molar-refractivity contribution is 7.20. The van der Waals surface area contributed by atoms with Gasteiger partial charge in [0.15, 0.2) is 6.29 Å². The van der Waals surface area contributed by atoms with E-state index < -0.39 is 0 Å². The Hall–Kier alpha value is -1.30. The lowest BCUT2D eigenvalue weighted by atomic mass is 10.2. The van der Waals surface area contributed by atoms with Crippen LogP contribution in [0.25, 0.3) is 10.2 Å². The lowest BCUT2D eigenvalue weighted by Crippen LogP contribution is -2.48. The van der Waals surface area contributed by atoms with Gasteiger partial charge in [0, 0.05) is 44.2 Å². The van der Waals surface area contributed by atoms with Gasteiger partial charge in [0.1, 0.15) is 4.83 Å². The van der Waals surface area contributed by atoms with Gasteiger partial charge >= 0.3 is 0 Å². The number of hydrogen-bond acceptors (Lipinski definition) is 5. The molecule has 1 aliphatic rings. The van der Waals surface area contributed by atoms with E-state index in [9.17, 15) is 4.79 Å². The van der Waals surface area contributed by atoms with Crippen molar-refractivity contribution < 1.29 is 4.79 Å². The summed E-state index contributed by atoms with van der Waals surface area (Å²) in [7, 11) is 0. The number of thiophene rings is 1. The summed E-state index contributed by atoms with van der Waals surface area (Å²) in [6, 6.07) is 6.70. The molecule has 0 aliphatic carbocycles. The topological polar surface area (TPSA) is 36.4 Å². The number of aldehydes is 1. The Morgan fingerprint density at radius 1 is 1.29 bits per heavy atom. The molecule has 0 aromatic carbocycles. The minimum Gasteiger partial charge on any atom is -0.298 e. The summed E-state index contributed by atoms with van der Waals surface area (Å²) in [6.45, 7) is 9.88. The average Bonchev–Trinajstić information content (AvgIpc) is 2.90. The number of pyridine rings is 1. The lowest BCUT2D eigenvalue weighted by molar-refractivity contribution is 0.103. The van der Waals surface area contributed by atoms with E-state index in [1.54, 1.807) is 0 Å². The van der Waals surface area contributed by atoms with Gasteiger partial charge in [-0.2, -0.15) is 0 Å². The number of hydrogen-bond donors (Lipinski definition) is 0. The molecule has 5 heteroatoms. The molecule has 21 heavy (non-hydrogen) atoms. The average molecular weight is 303 g/mol. The van der Waals surface area contributed by atoms with E-state index in [1.807, 2.05) is 6.07 Å². The Morgan fingerprint density at radius 3 is 2.71 bits per heavy atom. The number of piperazine rings is 1. The molecule has 4 nitrogen and oxygen atoms in total. The standard InChI is InChI=1S/C16H21N3OS/c1-12(2)19-7-5-18(6-8-19)10-14-4-3-13-9-15(11-20)21-16(13)17-14/h3-4,9,11-12H,5-8,10H2,1-2H3. The minimum atomic E-state index is 0.634. The fourth-order valence-electron chi connectivity index (χ4n) is 2.79. The Bertz CT molecular complexity index is 629. The Labute approximate surface area is 129 Å². The van der Waals surface area contributed by atoms with E-state index in [4.69, 9.17) is 4.98 Å². The second-order valence-electron chi connectivity index (χ2n) is 5.87. The molecule has 3 heterocycles. The maximum absolute atomic E-state index is 10.8. The third-order valence-electron chi connectivity index (χ3n) is 4.10. The fraction of sp³-hybridized carbons (Fsp3) is 0.500. The van der Waals surface area contributed by atoms with Crippen LogP contribution in [-0.4, -0.2) is 53.3 Å². The molecule has 1 fully saturated rings. The fourth-order valence-corrected chi connectivity index (χ4v) is 3.65. The molecule has 2 aromatic heterocycles. The number of fused-ring (bicyclic) bond motifs is 1. The van der Waals surface area contributed by atoms with Gasteiger partial charge in [0.05, 0.1) is 10.6 Å². The first kappa shape index (κ1) is 14.6. The maximum atomic E-state index is 10.8. The number of carbonyl (C=O) groups is 1. The highest BCUT2D eigenvalue weighted by Crippen LogP contribution is 2.23. The molecule has 3 rings (SSSR count). The molecule has 1 aliphatic heterocycles. The van der Waals surface area contributed by atoms with E-state index in [-0.39, 0.29) is 0 Å². The van der Waals surface area contributed by atoms with Crippen LogP contribution in [0.4, 0.5) is 0 Å². The minimum absolute atomic E-state index is 0.634. The van der Waals surface area contributed by atoms with Crippen molar-refractivity contribution in [2.75, 3.05) is 26.2 Å². The molecule has 0 N–H and O–H groups in total. The summed E-state index contributed by atoms with van der Waals surface area (Å²) in [6.07, 6.45) is 0.900. The summed E-state index contributed by atoms with van der Waals surface area (Å²) in [5, 5.41) is 1.07. The van der Waals surface area contributed by atoms with E-state index in [1.165, 1.54) is 11.3 Å². The van der Waals surface area contributed by atoms with Gasteiger partial charge in [0.25, 0.3) is 0 Å². The van der Waals surface area contributed by atoms with Gasteiger partial charge in [0.2, 0.25) is 0 Å². The predicted octanol–water partition coefficient (Wildman–Crippen LogP) is 2.63. The predicted molar refractivity (Wildman–Crippen MR) is 87.0 cm³/mol. The molecular formula is C16H21N3OS. The van der Waals surface area contributed by atoms with Crippen molar-refractivity contribution in [2.24, 2.45) is 0 Å². The van der Waals surface area contributed by atoms with Crippen LogP contribution in [0.15, 0.2) is 18.2 Å². The summed E-state index contributed by atoms with van der Waals surface area (Å²) < 4.78 is 0. The third-order valence-corrected chi connectivity index (χ3v) is 5.07. The summed E-state index contributed by atoms with van der Waals surface area (Å²) >= 11 is 1.47. The van der Waals surface area contributed by atoms with Crippen LogP contribution in [-0.2, 0) is 6.54 Å². The van der Waals surface area contributed by atoms with E-state index >= 15 is 0 Å². The molecule has 0 unspecified atom stereocenters. The van der Waals surface area contributed by atoms with Gasteiger partial charge in [-0.3, -0.25) is 14.6 Å². The van der Waals surface area contributed by atoms with E-state index in [0.717, 1.165) is 59.8 Å². The van der Waals surface area contributed by atoms with Crippen LogP contribution < -0.4 is 0 Å². The molecule has 0 saturated carbocycles. The smallest absolute Gasteiger partial charge is 0.160 e. The molecule has 0 spiro atoms. The van der Waals surface area contributed by atoms with Crippen LogP contribution in [0.3, 0.4) is 0 Å². The summed E-state index contributed by atoms with van der Waals surface area (Å²) in [5.41, 5.74) is 1.10. The molecule has 0 bridgehead atoms. The zero-order valence-corrected chi connectivity index (χ0v) is 13.4. The first-order chi connectivity index (χ1) is 10.2. The number of carbonyl (C=O) groups excluding carboxylic acids is 1. The van der Waals surface area contributed by atoms with E-state index in [0.29, 0.717) is 6.04 Å². The van der Waals surface area contributed by atoms with Crippen LogP contribution in [0.2, 0.25) is 0 Å². The molecule has 0 amide bonds. The normalized spacial score (nSPS) is 17.7. The van der Waals surface area contributed by atoms with Gasteiger partial charge in [-0.15, -0.1) is 11.3 Å².